The van der Waals surface area contributed by atoms with E-state index in [4.69, 9.17) is 0 Å². The van der Waals surface area contributed by atoms with Gasteiger partial charge < -0.3 is 9.59 Å². The van der Waals surface area contributed by atoms with E-state index in [2.05, 4.69) is 41.5 Å². The third-order valence-corrected chi connectivity index (χ3v) is 10.5. The number of carbonyl (C=O) groups is 2. The molecular weight excluding hydrogens is 404 g/mol. The topological polar surface area (TPSA) is 34.1 Å². The summed E-state index contributed by atoms with van der Waals surface area (Å²) in [5.74, 6) is 8.72. The van der Waals surface area contributed by atoms with Gasteiger partial charge in [0.2, 0.25) is 0 Å². The zero-order valence-corrected chi connectivity index (χ0v) is 23.4. The van der Waals surface area contributed by atoms with Crippen molar-refractivity contribution in [3.8, 4) is 0 Å². The number of carbonyl (C=O) groups excluding carboxylic acids is 2. The predicted molar refractivity (Wildman–Crippen MR) is 141 cm³/mol. The zero-order valence-electron chi connectivity index (χ0n) is 23.4. The molecule has 2 fully saturated rings. The maximum atomic E-state index is 11.6. The lowest BCUT2D eigenvalue weighted by molar-refractivity contribution is -0.118. The third-order valence-electron chi connectivity index (χ3n) is 10.5. The average Bonchev–Trinajstić information content (AvgIpc) is 2.74. The van der Waals surface area contributed by atoms with Gasteiger partial charge in [-0.15, -0.1) is 0 Å². The molecule has 0 bridgehead atoms. The summed E-state index contributed by atoms with van der Waals surface area (Å²) < 4.78 is 0. The van der Waals surface area contributed by atoms with Gasteiger partial charge in [0, 0.05) is 12.8 Å². The summed E-state index contributed by atoms with van der Waals surface area (Å²) in [5, 5.41) is 0. The van der Waals surface area contributed by atoms with Gasteiger partial charge in [-0.1, -0.05) is 54.4 Å². The molecule has 2 nitrogen and oxygen atoms in total. The first-order valence-corrected chi connectivity index (χ1v) is 14.6. The second kappa shape index (κ2) is 13.4. The maximum Gasteiger partial charge on any atom is 0.129 e. The van der Waals surface area contributed by atoms with Crippen molar-refractivity contribution < 1.29 is 9.59 Å². The maximum absolute atomic E-state index is 11.6. The molecule has 0 amide bonds. The van der Waals surface area contributed by atoms with Gasteiger partial charge in [-0.25, -0.2) is 0 Å². The van der Waals surface area contributed by atoms with Crippen LogP contribution >= 0.6 is 0 Å². The number of Topliss-reactive ketones (excluding diaryl/α,β-unsaturated/α-hetero) is 2. The summed E-state index contributed by atoms with van der Waals surface area (Å²) in [6.45, 7) is 18.4. The summed E-state index contributed by atoms with van der Waals surface area (Å²) in [6.07, 6.45) is 12.9. The van der Waals surface area contributed by atoms with Crippen LogP contribution in [0.2, 0.25) is 0 Å². The SMILES string of the molecule is CCC[C@@H]1C(CCCC(C)=O)C[C@@H](C[C@@H]2C(CCCC(C)=O)C[C@@H](C)C(C)[C@@H]2C)C(C)[C@@H]1C. The standard InChI is InChI=1S/C31H56O2/c1-9-12-30-26(8)24(6)29(18-28(30)16-11-14-22(4)33)19-31-25(7)23(5)20(2)17-27(31)15-10-13-21(3)32/h20,23-31H,9-19H2,1-8H3/t20-,23?,24?,25+,26+,27?,28?,29+,30+,31+/m1/s1. The quantitative estimate of drug-likeness (QED) is 0.291. The van der Waals surface area contributed by atoms with Crippen LogP contribution in [-0.2, 0) is 9.59 Å². The van der Waals surface area contributed by atoms with E-state index in [-0.39, 0.29) is 0 Å². The van der Waals surface area contributed by atoms with E-state index in [1.54, 1.807) is 13.8 Å². The lowest BCUT2D eigenvalue weighted by atomic mass is 9.55. The van der Waals surface area contributed by atoms with Crippen molar-refractivity contribution in [1.29, 1.82) is 0 Å². The Hall–Kier alpha value is -0.660. The van der Waals surface area contributed by atoms with Crippen LogP contribution in [0.5, 0.6) is 0 Å². The summed E-state index contributed by atoms with van der Waals surface area (Å²) in [4.78, 5) is 23.1. The monoisotopic (exact) mass is 460 g/mol. The van der Waals surface area contributed by atoms with Crippen molar-refractivity contribution in [2.75, 3.05) is 0 Å². The number of ketones is 2. The zero-order chi connectivity index (χ0) is 24.7. The molecule has 2 saturated carbocycles. The minimum Gasteiger partial charge on any atom is -0.300 e. The van der Waals surface area contributed by atoms with E-state index in [1.165, 1.54) is 44.9 Å². The van der Waals surface area contributed by atoms with Crippen LogP contribution in [0.25, 0.3) is 0 Å². The Bertz CT molecular complexity index is 610. The van der Waals surface area contributed by atoms with Crippen LogP contribution in [0.1, 0.15) is 126 Å². The van der Waals surface area contributed by atoms with Crippen molar-refractivity contribution in [3.05, 3.63) is 0 Å². The summed E-state index contributed by atoms with van der Waals surface area (Å²) in [5.41, 5.74) is 0. The van der Waals surface area contributed by atoms with E-state index < -0.39 is 0 Å². The molecule has 0 radical (unpaired) electrons. The molecule has 0 aromatic carbocycles. The number of hydrogen-bond acceptors (Lipinski definition) is 2. The minimum atomic E-state index is 0.349. The highest BCUT2D eigenvalue weighted by atomic mass is 16.1. The molecule has 33 heavy (non-hydrogen) atoms. The first-order chi connectivity index (χ1) is 15.6. The van der Waals surface area contributed by atoms with Crippen LogP contribution in [0.3, 0.4) is 0 Å². The van der Waals surface area contributed by atoms with Gasteiger partial charge in [0.1, 0.15) is 11.6 Å². The molecule has 4 unspecified atom stereocenters. The van der Waals surface area contributed by atoms with E-state index >= 15 is 0 Å². The highest BCUT2D eigenvalue weighted by molar-refractivity contribution is 5.75. The van der Waals surface area contributed by atoms with Crippen LogP contribution in [0.4, 0.5) is 0 Å². The molecule has 0 aromatic heterocycles. The molecule has 0 saturated heterocycles. The molecule has 2 rings (SSSR count). The fourth-order valence-corrected chi connectivity index (χ4v) is 8.02. The van der Waals surface area contributed by atoms with Gasteiger partial charge in [-0.2, -0.15) is 0 Å². The molecule has 2 heteroatoms. The normalized spacial score (nSPS) is 39.4. The van der Waals surface area contributed by atoms with Crippen LogP contribution in [0.15, 0.2) is 0 Å². The van der Waals surface area contributed by atoms with Gasteiger partial charge in [-0.3, -0.25) is 0 Å². The van der Waals surface area contributed by atoms with Crippen LogP contribution in [0, 0.1) is 59.2 Å². The molecule has 10 atom stereocenters. The van der Waals surface area contributed by atoms with Gasteiger partial charge in [0.05, 0.1) is 0 Å². The Morgan fingerprint density at radius 2 is 1.15 bits per heavy atom. The molecule has 0 N–H and O–H groups in total. The van der Waals surface area contributed by atoms with E-state index in [0.717, 1.165) is 84.9 Å². The fraction of sp³-hybridized carbons (Fsp3) is 0.935. The second-order valence-corrected chi connectivity index (χ2v) is 12.7. The predicted octanol–water partition coefficient (Wildman–Crippen LogP) is 8.76. The summed E-state index contributed by atoms with van der Waals surface area (Å²) in [6, 6.07) is 0. The van der Waals surface area contributed by atoms with Crippen molar-refractivity contribution in [2.45, 2.75) is 126 Å². The Labute approximate surface area is 206 Å². The highest BCUT2D eigenvalue weighted by Gasteiger charge is 2.44. The Balaban J connectivity index is 2.15. The van der Waals surface area contributed by atoms with Gasteiger partial charge in [0.15, 0.2) is 0 Å². The second-order valence-electron chi connectivity index (χ2n) is 12.7. The van der Waals surface area contributed by atoms with Crippen molar-refractivity contribution in [2.24, 2.45) is 59.2 Å². The average molecular weight is 461 g/mol. The first kappa shape index (κ1) is 28.6. The largest absolute Gasteiger partial charge is 0.300 e. The Kier molecular flexibility index (Phi) is 11.6. The molecule has 0 aliphatic heterocycles. The fourth-order valence-electron chi connectivity index (χ4n) is 8.02. The van der Waals surface area contributed by atoms with Crippen molar-refractivity contribution in [1.82, 2.24) is 0 Å². The lowest BCUT2D eigenvalue weighted by Crippen LogP contribution is -2.42. The van der Waals surface area contributed by atoms with Crippen molar-refractivity contribution >= 4 is 11.6 Å². The molecular formula is C31H56O2. The van der Waals surface area contributed by atoms with Gasteiger partial charge in [-0.05, 0) is 118 Å². The first-order valence-electron chi connectivity index (χ1n) is 14.6. The molecule has 192 valence electrons. The van der Waals surface area contributed by atoms with E-state index in [1.807, 2.05) is 0 Å². The lowest BCUT2D eigenvalue weighted by Gasteiger charge is -2.50. The van der Waals surface area contributed by atoms with E-state index in [9.17, 15) is 9.59 Å². The van der Waals surface area contributed by atoms with Gasteiger partial charge >= 0.3 is 0 Å². The third kappa shape index (κ3) is 7.93. The molecule has 2 aliphatic carbocycles. The molecule has 0 spiro atoms. The summed E-state index contributed by atoms with van der Waals surface area (Å²) in [7, 11) is 0. The van der Waals surface area contributed by atoms with Crippen LogP contribution < -0.4 is 0 Å². The Morgan fingerprint density at radius 1 is 0.636 bits per heavy atom. The molecule has 2 aliphatic rings. The number of hydrogen-bond donors (Lipinski definition) is 0. The molecule has 0 heterocycles. The Morgan fingerprint density at radius 3 is 1.67 bits per heavy atom. The number of rotatable bonds is 12. The van der Waals surface area contributed by atoms with E-state index in [0.29, 0.717) is 11.6 Å². The van der Waals surface area contributed by atoms with Crippen LogP contribution in [-0.4, -0.2) is 11.6 Å². The van der Waals surface area contributed by atoms with Gasteiger partial charge in [0.25, 0.3) is 0 Å². The minimum absolute atomic E-state index is 0.349. The molecule has 0 aromatic rings. The summed E-state index contributed by atoms with van der Waals surface area (Å²) >= 11 is 0. The van der Waals surface area contributed by atoms with Crippen molar-refractivity contribution in [3.63, 3.8) is 0 Å². The highest BCUT2D eigenvalue weighted by Crippen LogP contribution is 2.52. The smallest absolute Gasteiger partial charge is 0.129 e.